The lowest BCUT2D eigenvalue weighted by molar-refractivity contribution is -0.384. The number of nitrogens with one attached hydrogen (secondary N) is 1. The topological polar surface area (TPSA) is 140 Å². The third-order valence-electron chi connectivity index (χ3n) is 3.32. The van der Waals surface area contributed by atoms with Crippen LogP contribution in [0.5, 0.6) is 11.5 Å². The van der Waals surface area contributed by atoms with Crippen LogP contribution < -0.4 is 14.9 Å². The summed E-state index contributed by atoms with van der Waals surface area (Å²) in [6.45, 7) is 1.60. The number of carboxylic acid groups (broad SMARTS) is 1. The van der Waals surface area contributed by atoms with Crippen LogP contribution >= 0.6 is 0 Å². The normalized spacial score (nSPS) is 10.5. The second-order valence-electron chi connectivity index (χ2n) is 5.33. The number of carbonyl (C=O) groups is 2. The van der Waals surface area contributed by atoms with E-state index in [-0.39, 0.29) is 17.0 Å². The summed E-state index contributed by atoms with van der Waals surface area (Å²) < 4.78 is 10.6. The third-order valence-corrected chi connectivity index (χ3v) is 3.32. The summed E-state index contributed by atoms with van der Waals surface area (Å²) in [5, 5.41) is 23.3. The lowest BCUT2D eigenvalue weighted by Gasteiger charge is -2.11. The van der Waals surface area contributed by atoms with Gasteiger partial charge in [0.15, 0.2) is 18.1 Å². The predicted octanol–water partition coefficient (Wildman–Crippen LogP) is 2.22. The number of ether oxygens (including phenoxy) is 2. The number of rotatable bonds is 9. The summed E-state index contributed by atoms with van der Waals surface area (Å²) in [5.41, 5.74) is 2.74. The van der Waals surface area contributed by atoms with Crippen LogP contribution in [0.1, 0.15) is 22.8 Å². The minimum atomic E-state index is -1.11. The van der Waals surface area contributed by atoms with E-state index < -0.39 is 23.4 Å². The summed E-state index contributed by atoms with van der Waals surface area (Å²) >= 11 is 0. The number of nitro benzene ring substituents is 1. The van der Waals surface area contributed by atoms with Crippen LogP contribution in [0.25, 0.3) is 0 Å². The van der Waals surface area contributed by atoms with Crippen LogP contribution in [0.4, 0.5) is 5.69 Å². The van der Waals surface area contributed by atoms with Gasteiger partial charge in [0, 0.05) is 17.7 Å². The largest absolute Gasteiger partial charge is 0.490 e. The molecule has 0 aliphatic rings. The average molecular weight is 387 g/mol. The molecule has 1 amide bonds. The second-order valence-corrected chi connectivity index (χ2v) is 5.33. The molecule has 0 bridgehead atoms. The molecule has 0 spiro atoms. The van der Waals surface area contributed by atoms with Crippen molar-refractivity contribution in [3.05, 3.63) is 63.7 Å². The maximum atomic E-state index is 12.0. The molecule has 0 aromatic heterocycles. The third kappa shape index (κ3) is 5.80. The molecule has 0 radical (unpaired) electrons. The van der Waals surface area contributed by atoms with E-state index in [4.69, 9.17) is 14.6 Å². The Hall–Kier alpha value is -3.95. The average Bonchev–Trinajstić information content (AvgIpc) is 2.67. The van der Waals surface area contributed by atoms with Crippen molar-refractivity contribution in [3.63, 3.8) is 0 Å². The van der Waals surface area contributed by atoms with Crippen LogP contribution in [0, 0.1) is 10.1 Å². The second kappa shape index (κ2) is 9.67. The fourth-order valence-corrected chi connectivity index (χ4v) is 2.12. The number of nitrogens with zero attached hydrogens (tertiary/aromatic N) is 2. The molecule has 0 heterocycles. The number of carboxylic acids is 1. The zero-order valence-corrected chi connectivity index (χ0v) is 14.8. The van der Waals surface area contributed by atoms with Crippen LogP contribution in [0.2, 0.25) is 0 Å². The SMILES string of the molecule is CCOc1cc(/C=N\NC(=O)c2cccc([N+](=O)[O-])c2)ccc1OCC(=O)O. The first-order valence-electron chi connectivity index (χ1n) is 8.10. The Bertz CT molecular complexity index is 912. The molecular weight excluding hydrogens is 370 g/mol. The fourth-order valence-electron chi connectivity index (χ4n) is 2.12. The van der Waals surface area contributed by atoms with Crippen molar-refractivity contribution in [1.29, 1.82) is 0 Å². The Labute approximate surface area is 159 Å². The minimum absolute atomic E-state index is 0.0961. The van der Waals surface area contributed by atoms with Crippen molar-refractivity contribution in [2.45, 2.75) is 6.92 Å². The van der Waals surface area contributed by atoms with E-state index in [1.807, 2.05) is 0 Å². The molecule has 0 saturated heterocycles. The summed E-state index contributed by atoms with van der Waals surface area (Å²) in [6, 6.07) is 9.96. The molecule has 28 heavy (non-hydrogen) atoms. The Balaban J connectivity index is 2.07. The first kappa shape index (κ1) is 20.4. The van der Waals surface area contributed by atoms with E-state index in [9.17, 15) is 19.7 Å². The van der Waals surface area contributed by atoms with E-state index in [2.05, 4.69) is 10.5 Å². The summed E-state index contributed by atoms with van der Waals surface area (Å²) in [5.74, 6) is -1.12. The molecule has 0 unspecified atom stereocenters. The highest BCUT2D eigenvalue weighted by atomic mass is 16.6. The smallest absolute Gasteiger partial charge is 0.341 e. The predicted molar refractivity (Wildman–Crippen MR) is 98.9 cm³/mol. The van der Waals surface area contributed by atoms with Crippen molar-refractivity contribution >= 4 is 23.8 Å². The number of benzene rings is 2. The molecule has 0 atom stereocenters. The number of hydrazone groups is 1. The van der Waals surface area contributed by atoms with Crippen LogP contribution in [0.3, 0.4) is 0 Å². The maximum Gasteiger partial charge on any atom is 0.341 e. The summed E-state index contributed by atoms with van der Waals surface area (Å²) in [6.07, 6.45) is 1.35. The molecule has 2 aromatic rings. The van der Waals surface area contributed by atoms with Gasteiger partial charge in [-0.25, -0.2) is 10.2 Å². The Morgan fingerprint density at radius 2 is 2.00 bits per heavy atom. The van der Waals surface area contributed by atoms with E-state index in [0.29, 0.717) is 17.9 Å². The van der Waals surface area contributed by atoms with Crippen molar-refractivity contribution in [2.24, 2.45) is 5.10 Å². The minimum Gasteiger partial charge on any atom is -0.490 e. The van der Waals surface area contributed by atoms with Crippen molar-refractivity contribution < 1.29 is 29.1 Å². The molecule has 0 aliphatic carbocycles. The molecule has 146 valence electrons. The van der Waals surface area contributed by atoms with Gasteiger partial charge in [-0.2, -0.15) is 5.10 Å². The molecule has 10 nitrogen and oxygen atoms in total. The number of aliphatic carboxylic acids is 1. The van der Waals surface area contributed by atoms with Crippen molar-refractivity contribution in [3.8, 4) is 11.5 Å². The molecular formula is C18H17N3O7. The highest BCUT2D eigenvalue weighted by molar-refractivity contribution is 5.95. The number of non-ortho nitro benzene ring substituents is 1. The van der Waals surface area contributed by atoms with Crippen LogP contribution in [0.15, 0.2) is 47.6 Å². The zero-order chi connectivity index (χ0) is 20.5. The summed E-state index contributed by atoms with van der Waals surface area (Å²) in [7, 11) is 0. The molecule has 0 aliphatic heterocycles. The van der Waals surface area contributed by atoms with Crippen LogP contribution in [-0.2, 0) is 4.79 Å². The molecule has 0 fully saturated rings. The monoisotopic (exact) mass is 387 g/mol. The van der Waals surface area contributed by atoms with Crippen LogP contribution in [-0.4, -0.2) is 41.3 Å². The van der Waals surface area contributed by atoms with Gasteiger partial charge >= 0.3 is 5.97 Å². The number of hydrogen-bond acceptors (Lipinski definition) is 7. The lowest BCUT2D eigenvalue weighted by Crippen LogP contribution is -2.17. The van der Waals surface area contributed by atoms with Gasteiger partial charge < -0.3 is 14.6 Å². The number of amides is 1. The van der Waals surface area contributed by atoms with Crippen molar-refractivity contribution in [2.75, 3.05) is 13.2 Å². The molecule has 2 rings (SSSR count). The number of hydrogen-bond donors (Lipinski definition) is 2. The highest BCUT2D eigenvalue weighted by Crippen LogP contribution is 2.28. The quantitative estimate of drug-likeness (QED) is 0.382. The van der Waals surface area contributed by atoms with Gasteiger partial charge in [0.1, 0.15) is 0 Å². The van der Waals surface area contributed by atoms with Gasteiger partial charge in [0.2, 0.25) is 0 Å². The first-order chi connectivity index (χ1) is 13.4. The molecule has 10 heteroatoms. The number of nitro groups is 1. The zero-order valence-electron chi connectivity index (χ0n) is 14.8. The Morgan fingerprint density at radius 3 is 2.68 bits per heavy atom. The van der Waals surface area contributed by atoms with Gasteiger partial charge in [-0.1, -0.05) is 6.07 Å². The van der Waals surface area contributed by atoms with Gasteiger partial charge in [-0.3, -0.25) is 14.9 Å². The van der Waals surface area contributed by atoms with Gasteiger partial charge in [-0.15, -0.1) is 0 Å². The van der Waals surface area contributed by atoms with E-state index >= 15 is 0 Å². The van der Waals surface area contributed by atoms with Gasteiger partial charge in [0.05, 0.1) is 17.7 Å². The Kier molecular flexibility index (Phi) is 7.03. The lowest BCUT2D eigenvalue weighted by atomic mass is 10.2. The Morgan fingerprint density at radius 1 is 1.21 bits per heavy atom. The van der Waals surface area contributed by atoms with E-state index in [1.165, 1.54) is 30.5 Å². The summed E-state index contributed by atoms with van der Waals surface area (Å²) in [4.78, 5) is 32.8. The van der Waals surface area contributed by atoms with Crippen molar-refractivity contribution in [1.82, 2.24) is 5.43 Å². The maximum absolute atomic E-state index is 12.0. The standard InChI is InChI=1S/C18H17N3O7/c1-2-27-16-8-12(6-7-15(16)28-11-17(22)23)10-19-20-18(24)13-4-3-5-14(9-13)21(25)26/h3-10H,2,11H2,1H3,(H,20,24)(H,22,23)/b19-10-. The molecule has 2 N–H and O–H groups in total. The molecule has 2 aromatic carbocycles. The van der Waals surface area contributed by atoms with Gasteiger partial charge in [0.25, 0.3) is 11.6 Å². The fraction of sp³-hybridized carbons (Fsp3) is 0.167. The van der Waals surface area contributed by atoms with E-state index in [0.717, 1.165) is 6.07 Å². The van der Waals surface area contributed by atoms with Gasteiger partial charge in [-0.05, 0) is 36.8 Å². The highest BCUT2D eigenvalue weighted by Gasteiger charge is 2.11. The first-order valence-corrected chi connectivity index (χ1v) is 8.10. The van der Waals surface area contributed by atoms with E-state index in [1.54, 1.807) is 19.1 Å². The number of carbonyl (C=O) groups excluding carboxylic acids is 1. The molecule has 0 saturated carbocycles.